The highest BCUT2D eigenvalue weighted by atomic mass is 16.5. The lowest BCUT2D eigenvalue weighted by Crippen LogP contribution is -2.44. The van der Waals surface area contributed by atoms with Crippen molar-refractivity contribution in [3.8, 4) is 39.9 Å². The van der Waals surface area contributed by atoms with Crippen molar-refractivity contribution in [2.24, 2.45) is 10.8 Å². The first kappa shape index (κ1) is 33.6. The lowest BCUT2D eigenvalue weighted by Gasteiger charge is -2.52. The van der Waals surface area contributed by atoms with Crippen LogP contribution in [-0.4, -0.2) is 33.7 Å². The molecule has 0 atom stereocenters. The molecule has 1 saturated carbocycles. The molecule has 5 aromatic carbocycles. The number of hydrogen-bond donors (Lipinski definition) is 0. The van der Waals surface area contributed by atoms with Crippen molar-refractivity contribution in [2.75, 3.05) is 27.9 Å². The van der Waals surface area contributed by atoms with E-state index in [-0.39, 0.29) is 22.0 Å². The highest BCUT2D eigenvalue weighted by Crippen LogP contribution is 2.67. The second-order valence-electron chi connectivity index (χ2n) is 16.8. The maximum atomic E-state index is 14.3. The number of methoxy groups -OCH3 is 3. The lowest BCUT2D eigenvalue weighted by atomic mass is 9.52. The van der Waals surface area contributed by atoms with Gasteiger partial charge in [0.2, 0.25) is 0 Å². The number of ketones is 1. The Balaban J connectivity index is 1.44. The fourth-order valence-electron chi connectivity index (χ4n) is 10.9. The van der Waals surface area contributed by atoms with Crippen molar-refractivity contribution in [3.63, 3.8) is 0 Å². The quantitative estimate of drug-likeness (QED) is 0.181. The van der Waals surface area contributed by atoms with Crippen LogP contribution in [-0.2, 0) is 11.0 Å². The van der Waals surface area contributed by atoms with Gasteiger partial charge in [0.05, 0.1) is 33.5 Å². The Bertz CT molecular complexity index is 2280. The summed E-state index contributed by atoms with van der Waals surface area (Å²) in [5.74, 6) is 3.37. The first-order chi connectivity index (χ1) is 25.4. The molecule has 9 rings (SSSR count). The Hall–Kier alpha value is -5.23. The molecular weight excluding hydrogens is 661 g/mol. The van der Waals surface area contributed by atoms with E-state index in [1.165, 1.54) is 16.7 Å². The highest BCUT2D eigenvalue weighted by Gasteiger charge is 2.56. The monoisotopic (exact) mass is 706 g/mol. The molecule has 0 bridgehead atoms. The molecule has 6 nitrogen and oxygen atoms in total. The van der Waals surface area contributed by atoms with Crippen molar-refractivity contribution < 1.29 is 28.5 Å². The molecule has 0 N–H and O–H groups in total. The van der Waals surface area contributed by atoms with Gasteiger partial charge in [-0.2, -0.15) is 0 Å². The van der Waals surface area contributed by atoms with Gasteiger partial charge in [-0.1, -0.05) is 82.3 Å². The molecule has 0 saturated heterocycles. The first-order valence-corrected chi connectivity index (χ1v) is 18.6. The van der Waals surface area contributed by atoms with Crippen molar-refractivity contribution in [2.45, 2.75) is 64.4 Å². The van der Waals surface area contributed by atoms with E-state index in [0.29, 0.717) is 30.1 Å². The highest BCUT2D eigenvalue weighted by molar-refractivity contribution is 6.20. The molecule has 6 heteroatoms. The molecule has 4 aliphatic rings. The summed E-state index contributed by atoms with van der Waals surface area (Å²) in [5, 5.41) is 1.73. The zero-order valence-corrected chi connectivity index (χ0v) is 31.6. The van der Waals surface area contributed by atoms with Gasteiger partial charge in [0.1, 0.15) is 17.2 Å². The second-order valence-corrected chi connectivity index (χ2v) is 16.8. The molecular formula is C47H46O6. The summed E-state index contributed by atoms with van der Waals surface area (Å²) in [5.41, 5.74) is 7.22. The largest absolute Gasteiger partial charge is 0.497 e. The zero-order valence-electron chi connectivity index (χ0n) is 31.6. The molecule has 0 amide bonds. The zero-order chi connectivity index (χ0) is 36.9. The van der Waals surface area contributed by atoms with Gasteiger partial charge in [-0.15, -0.1) is 0 Å². The third-order valence-corrected chi connectivity index (χ3v) is 12.1. The van der Waals surface area contributed by atoms with E-state index in [0.717, 1.165) is 69.5 Å². The Morgan fingerprint density at radius 2 is 1.32 bits per heavy atom. The van der Waals surface area contributed by atoms with Crippen LogP contribution in [0, 0.1) is 10.8 Å². The Morgan fingerprint density at radius 1 is 0.698 bits per heavy atom. The van der Waals surface area contributed by atoms with Gasteiger partial charge >= 0.3 is 0 Å². The van der Waals surface area contributed by atoms with E-state index in [2.05, 4.69) is 88.4 Å². The van der Waals surface area contributed by atoms with Gasteiger partial charge in [0.15, 0.2) is 22.9 Å². The maximum absolute atomic E-state index is 14.3. The fourth-order valence-corrected chi connectivity index (χ4v) is 10.9. The number of benzene rings is 5. The molecule has 53 heavy (non-hydrogen) atoms. The van der Waals surface area contributed by atoms with E-state index in [4.69, 9.17) is 23.7 Å². The predicted octanol–water partition coefficient (Wildman–Crippen LogP) is 10.7. The average molecular weight is 707 g/mol. The molecule has 0 unspecified atom stereocenters. The molecule has 2 aliphatic heterocycles. The van der Waals surface area contributed by atoms with Crippen LogP contribution in [0.3, 0.4) is 0 Å². The van der Waals surface area contributed by atoms with Crippen LogP contribution in [0.2, 0.25) is 0 Å². The summed E-state index contributed by atoms with van der Waals surface area (Å²) in [4.78, 5) is 14.3. The minimum atomic E-state index is -1.01. The molecule has 0 aromatic heterocycles. The number of rotatable bonds is 5. The average Bonchev–Trinajstić information content (AvgIpc) is 3.41. The van der Waals surface area contributed by atoms with Crippen molar-refractivity contribution in [3.05, 3.63) is 118 Å². The lowest BCUT2D eigenvalue weighted by molar-refractivity contribution is 0.0641. The minimum Gasteiger partial charge on any atom is -0.497 e. The maximum Gasteiger partial charge on any atom is 0.178 e. The summed E-state index contributed by atoms with van der Waals surface area (Å²) >= 11 is 0. The Kier molecular flexibility index (Phi) is 7.37. The van der Waals surface area contributed by atoms with Crippen molar-refractivity contribution >= 4 is 22.6 Å². The first-order valence-electron chi connectivity index (χ1n) is 18.6. The summed E-state index contributed by atoms with van der Waals surface area (Å²) in [6.45, 7) is 9.98. The summed E-state index contributed by atoms with van der Waals surface area (Å²) in [6, 6.07) is 27.1. The normalized spacial score (nSPS) is 19.3. The number of carbonyl (C=O) groups excluding carboxylic acids is 1. The molecule has 1 spiro atoms. The van der Waals surface area contributed by atoms with Gasteiger partial charge in [0, 0.05) is 39.3 Å². The van der Waals surface area contributed by atoms with Crippen LogP contribution in [0.25, 0.3) is 28.0 Å². The summed E-state index contributed by atoms with van der Waals surface area (Å²) in [6.07, 6.45) is 7.88. The van der Waals surface area contributed by atoms with Crippen LogP contribution >= 0.6 is 0 Å². The van der Waals surface area contributed by atoms with E-state index in [9.17, 15) is 4.79 Å². The van der Waals surface area contributed by atoms with Gasteiger partial charge in [0.25, 0.3) is 0 Å². The minimum absolute atomic E-state index is 0.0583. The van der Waals surface area contributed by atoms with E-state index in [1.807, 2.05) is 30.3 Å². The Labute approximate surface area is 311 Å². The number of hydrogen-bond acceptors (Lipinski definition) is 6. The molecule has 1 fully saturated rings. The molecule has 2 heterocycles. The van der Waals surface area contributed by atoms with E-state index < -0.39 is 5.60 Å². The van der Waals surface area contributed by atoms with Crippen LogP contribution in [0.15, 0.2) is 84.9 Å². The van der Waals surface area contributed by atoms with Crippen molar-refractivity contribution in [1.29, 1.82) is 0 Å². The Morgan fingerprint density at radius 3 is 1.92 bits per heavy atom. The SMILES string of the molecule is COc1ccc(C2(c3ccc(OC)cc3)C=Cc3c4c(c5c6c(c(OC)cc5c3O2)OCCC6=O)-c2ccccc2C42CC(C)(C)CC(C)(C)C2)cc1. The smallest absolute Gasteiger partial charge is 0.178 e. The molecule has 0 radical (unpaired) electrons. The fraction of sp³-hybridized carbons (Fsp3) is 0.340. The van der Waals surface area contributed by atoms with Gasteiger partial charge in [-0.3, -0.25) is 4.79 Å². The molecule has 5 aromatic rings. The van der Waals surface area contributed by atoms with Crippen LogP contribution in [0.5, 0.6) is 28.7 Å². The third-order valence-electron chi connectivity index (χ3n) is 12.1. The summed E-state index contributed by atoms with van der Waals surface area (Å²) in [7, 11) is 4.99. The molecule has 270 valence electrons. The predicted molar refractivity (Wildman–Crippen MR) is 209 cm³/mol. The third kappa shape index (κ3) is 4.87. The van der Waals surface area contributed by atoms with E-state index >= 15 is 0 Å². The standard InChI is InChI=1S/C47H46O6/c1-44(2)25-45(3,4)27-46(26-44)35-11-9-8-10-32(35)39-38-34(24-37(51-7)43-40(38)36(48)21-23-52-43)42-33(41(39)46)20-22-47(53-42,28-12-16-30(49-5)17-13-28)29-14-18-31(50-6)19-15-29/h8-20,22,24H,21,23,25-27H2,1-7H3. The van der Waals surface area contributed by atoms with Gasteiger partial charge < -0.3 is 23.7 Å². The van der Waals surface area contributed by atoms with Crippen LogP contribution in [0.1, 0.15) is 91.6 Å². The molecule has 2 aliphatic carbocycles. The van der Waals surface area contributed by atoms with Crippen molar-refractivity contribution in [1.82, 2.24) is 0 Å². The number of fused-ring (bicyclic) bond motifs is 12. The number of carbonyl (C=O) groups is 1. The second kappa shape index (κ2) is 11.6. The van der Waals surface area contributed by atoms with Gasteiger partial charge in [-0.05, 0) is 88.8 Å². The van der Waals surface area contributed by atoms with Crippen LogP contribution < -0.4 is 23.7 Å². The topological polar surface area (TPSA) is 63.2 Å². The number of Topliss-reactive ketones (excluding diaryl/α,β-unsaturated/α-hetero) is 1. The van der Waals surface area contributed by atoms with Crippen LogP contribution in [0.4, 0.5) is 0 Å². The number of ether oxygens (including phenoxy) is 5. The summed E-state index contributed by atoms with van der Waals surface area (Å²) < 4.78 is 31.1. The van der Waals surface area contributed by atoms with Gasteiger partial charge in [-0.25, -0.2) is 0 Å². The van der Waals surface area contributed by atoms with E-state index in [1.54, 1.807) is 21.3 Å².